The minimum absolute atomic E-state index is 0.504. The highest BCUT2D eigenvalue weighted by atomic mass is 32.3. The van der Waals surface area contributed by atoms with Crippen LogP contribution in [-0.4, -0.2) is 55.9 Å². The number of rotatable bonds is 2. The van der Waals surface area contributed by atoms with Crippen LogP contribution in [0.25, 0.3) is 5.65 Å². The maximum absolute atomic E-state index is 11.6. The van der Waals surface area contributed by atoms with E-state index in [0.717, 1.165) is 24.4 Å². The minimum Gasteiger partial charge on any atom is -0.598 e. The van der Waals surface area contributed by atoms with Gasteiger partial charge in [0, 0.05) is 31.9 Å². The van der Waals surface area contributed by atoms with Gasteiger partial charge in [0.25, 0.3) is 0 Å². The molecule has 0 aromatic carbocycles. The molecule has 1 unspecified atom stereocenters. The van der Waals surface area contributed by atoms with Crippen LogP contribution in [0.3, 0.4) is 0 Å². The highest BCUT2D eigenvalue weighted by molar-refractivity contribution is 7.94. The van der Waals surface area contributed by atoms with Crippen molar-refractivity contribution in [2.24, 2.45) is 0 Å². The molecule has 1 fully saturated rings. The summed E-state index contributed by atoms with van der Waals surface area (Å²) in [6.45, 7) is 2.55. The van der Waals surface area contributed by atoms with Crippen molar-refractivity contribution in [1.29, 1.82) is 0 Å². The first-order valence-corrected chi connectivity index (χ1v) is 8.39. The van der Waals surface area contributed by atoms with Crippen molar-refractivity contribution in [3.63, 3.8) is 0 Å². The van der Waals surface area contributed by atoms with E-state index >= 15 is 0 Å². The van der Waals surface area contributed by atoms with Gasteiger partial charge in [-0.1, -0.05) is 4.21 Å². The average molecular weight is 295 g/mol. The second kappa shape index (κ2) is 5.12. The number of aromatic nitrogens is 3. The number of hydrogen-bond donors (Lipinski definition) is 0. The largest absolute Gasteiger partial charge is 0.598 e. The first kappa shape index (κ1) is 13.5. The summed E-state index contributed by atoms with van der Waals surface area (Å²) in [5.74, 6) is 0.954. The van der Waals surface area contributed by atoms with Crippen molar-refractivity contribution in [3.8, 4) is 0 Å². The molecular weight excluding hydrogens is 278 g/mol. The van der Waals surface area contributed by atoms with Crippen LogP contribution in [0, 0.1) is 0 Å². The Morgan fingerprint density at radius 1 is 1.20 bits per heavy atom. The molecule has 7 nitrogen and oxygen atoms in total. The lowest BCUT2D eigenvalue weighted by atomic mass is 10.4. The Balaban J connectivity index is 1.85. The molecule has 0 saturated carbocycles. The first-order valence-electron chi connectivity index (χ1n) is 6.54. The lowest BCUT2D eigenvalue weighted by Crippen LogP contribution is -2.38. The van der Waals surface area contributed by atoms with Gasteiger partial charge < -0.3 is 9.45 Å². The predicted molar refractivity (Wildman–Crippen MR) is 76.1 cm³/mol. The SMILES string of the molecule is C[S+](=O)([O-])N1CCCN(c2ccnc3ccnn23)CC1. The fourth-order valence-electron chi connectivity index (χ4n) is 2.52. The minimum atomic E-state index is -3.11. The molecule has 8 heteroatoms. The van der Waals surface area contributed by atoms with Crippen LogP contribution in [0.15, 0.2) is 24.5 Å². The van der Waals surface area contributed by atoms with Gasteiger partial charge in [0.2, 0.25) is 0 Å². The molecule has 108 valence electrons. The van der Waals surface area contributed by atoms with Gasteiger partial charge >= 0.3 is 0 Å². The van der Waals surface area contributed by atoms with Crippen LogP contribution in [0.1, 0.15) is 6.42 Å². The fraction of sp³-hybridized carbons (Fsp3) is 0.500. The van der Waals surface area contributed by atoms with Gasteiger partial charge in [-0.25, -0.2) is 4.98 Å². The van der Waals surface area contributed by atoms with Crippen LogP contribution in [0.2, 0.25) is 0 Å². The van der Waals surface area contributed by atoms with Gasteiger partial charge in [0.15, 0.2) is 5.65 Å². The highest BCUT2D eigenvalue weighted by Gasteiger charge is 2.25. The summed E-state index contributed by atoms with van der Waals surface area (Å²) in [4.78, 5) is 6.40. The fourth-order valence-corrected chi connectivity index (χ4v) is 3.39. The Morgan fingerprint density at radius 2 is 2.05 bits per heavy atom. The Kier molecular flexibility index (Phi) is 3.45. The molecule has 0 spiro atoms. The first-order chi connectivity index (χ1) is 9.55. The van der Waals surface area contributed by atoms with Crippen molar-refractivity contribution >= 4 is 21.9 Å². The Hall–Kier alpha value is -1.51. The van der Waals surface area contributed by atoms with E-state index in [2.05, 4.69) is 15.0 Å². The van der Waals surface area contributed by atoms with Crippen molar-refractivity contribution < 1.29 is 8.76 Å². The Labute approximate surface area is 118 Å². The van der Waals surface area contributed by atoms with Crippen LogP contribution in [0.5, 0.6) is 0 Å². The summed E-state index contributed by atoms with van der Waals surface area (Å²) in [6, 6.07) is 3.76. The number of sulfonamides is 1. The van der Waals surface area contributed by atoms with E-state index in [1.807, 2.05) is 12.1 Å². The molecular formula is C12H17N5O2S. The molecule has 2 aromatic heterocycles. The molecule has 1 aliphatic heterocycles. The lowest BCUT2D eigenvalue weighted by molar-refractivity contribution is 0.373. The lowest BCUT2D eigenvalue weighted by Gasteiger charge is -2.24. The van der Waals surface area contributed by atoms with E-state index in [0.29, 0.717) is 19.6 Å². The van der Waals surface area contributed by atoms with Crippen molar-refractivity contribution in [3.05, 3.63) is 24.5 Å². The van der Waals surface area contributed by atoms with Gasteiger partial charge in [-0.15, -0.1) is 4.31 Å². The van der Waals surface area contributed by atoms with Gasteiger partial charge in [-0.05, 0) is 12.5 Å². The summed E-state index contributed by atoms with van der Waals surface area (Å²) < 4.78 is 26.6. The summed E-state index contributed by atoms with van der Waals surface area (Å²) in [5, 5.41) is 4.27. The maximum atomic E-state index is 11.6. The second-order valence-electron chi connectivity index (χ2n) is 4.91. The standard InChI is InChI=1S/C12H17N5O2S/c1-20(18,19)16-8-2-7-15(9-10-16)12-4-5-13-11-3-6-14-17(11)12/h3-6H,2,7-10H2,1H3. The van der Waals surface area contributed by atoms with E-state index in [1.165, 1.54) is 10.6 Å². The molecule has 1 saturated heterocycles. The monoisotopic (exact) mass is 295 g/mol. The molecule has 20 heavy (non-hydrogen) atoms. The summed E-state index contributed by atoms with van der Waals surface area (Å²) in [5.41, 5.74) is 0.798. The molecule has 0 aliphatic carbocycles. The van der Waals surface area contributed by atoms with E-state index < -0.39 is 10.4 Å². The van der Waals surface area contributed by atoms with Crippen LogP contribution >= 0.6 is 0 Å². The predicted octanol–water partition coefficient (Wildman–Crippen LogP) is 0.416. The second-order valence-corrected chi connectivity index (χ2v) is 6.89. The molecule has 0 N–H and O–H groups in total. The van der Waals surface area contributed by atoms with E-state index in [1.54, 1.807) is 16.9 Å². The molecule has 3 heterocycles. The summed E-state index contributed by atoms with van der Waals surface area (Å²) in [6.07, 6.45) is 5.54. The zero-order chi connectivity index (χ0) is 14.2. The number of hydrogen-bond acceptors (Lipinski definition) is 5. The molecule has 2 aromatic rings. The number of fused-ring (bicyclic) bond motifs is 1. The van der Waals surface area contributed by atoms with Gasteiger partial charge in [0.05, 0.1) is 12.7 Å². The Morgan fingerprint density at radius 3 is 2.85 bits per heavy atom. The van der Waals surface area contributed by atoms with Crippen molar-refractivity contribution in [2.45, 2.75) is 6.42 Å². The van der Waals surface area contributed by atoms with Gasteiger partial charge in [0.1, 0.15) is 22.5 Å². The normalized spacial score (nSPS) is 20.8. The quantitative estimate of drug-likeness (QED) is 0.750. The van der Waals surface area contributed by atoms with Gasteiger partial charge in [-0.3, -0.25) is 0 Å². The number of nitrogens with zero attached hydrogens (tertiary/aromatic N) is 5. The van der Waals surface area contributed by atoms with E-state index in [-0.39, 0.29) is 0 Å². The van der Waals surface area contributed by atoms with Gasteiger partial charge in [-0.2, -0.15) is 9.61 Å². The third-order valence-electron chi connectivity index (χ3n) is 3.52. The molecule has 1 atom stereocenters. The average Bonchev–Trinajstić information content (AvgIpc) is 2.73. The molecule has 0 radical (unpaired) electrons. The summed E-state index contributed by atoms with van der Waals surface area (Å²) >= 11 is 0. The number of anilines is 1. The van der Waals surface area contributed by atoms with Crippen LogP contribution in [0.4, 0.5) is 5.82 Å². The zero-order valence-electron chi connectivity index (χ0n) is 11.3. The zero-order valence-corrected chi connectivity index (χ0v) is 12.1. The van der Waals surface area contributed by atoms with Crippen LogP contribution in [-0.2, 0) is 14.6 Å². The third-order valence-corrected chi connectivity index (χ3v) is 4.82. The molecule has 1 aliphatic rings. The molecule has 3 rings (SSSR count). The van der Waals surface area contributed by atoms with Crippen molar-refractivity contribution in [1.82, 2.24) is 18.9 Å². The molecule has 0 amide bonds. The summed E-state index contributed by atoms with van der Waals surface area (Å²) in [7, 11) is -3.11. The molecule has 0 bridgehead atoms. The maximum Gasteiger partial charge on any atom is 0.157 e. The smallest absolute Gasteiger partial charge is 0.157 e. The third kappa shape index (κ3) is 2.54. The van der Waals surface area contributed by atoms with Crippen LogP contribution < -0.4 is 4.90 Å². The van der Waals surface area contributed by atoms with Crippen molar-refractivity contribution in [2.75, 3.05) is 37.3 Å². The van der Waals surface area contributed by atoms with E-state index in [9.17, 15) is 8.76 Å². The highest BCUT2D eigenvalue weighted by Crippen LogP contribution is 2.18. The topological polar surface area (TPSA) is 76.8 Å². The van der Waals surface area contributed by atoms with E-state index in [4.69, 9.17) is 0 Å². The Bertz CT molecular complexity index is 652.